The van der Waals surface area contributed by atoms with Crippen molar-refractivity contribution in [2.75, 3.05) is 6.54 Å². The molecule has 3 heteroatoms. The van der Waals surface area contributed by atoms with Gasteiger partial charge in [-0.2, -0.15) is 0 Å². The van der Waals surface area contributed by atoms with Gasteiger partial charge in [0.1, 0.15) is 5.82 Å². The molecular weight excluding hydrogens is 281 g/mol. The summed E-state index contributed by atoms with van der Waals surface area (Å²) in [6.07, 6.45) is 5.64. The molecule has 0 aromatic heterocycles. The van der Waals surface area contributed by atoms with Gasteiger partial charge in [0.2, 0.25) is 0 Å². The lowest BCUT2D eigenvalue weighted by Gasteiger charge is -2.29. The Labute approximate surface area is 111 Å². The lowest BCUT2D eigenvalue weighted by atomic mass is 9.88. The molecule has 0 aliphatic carbocycles. The zero-order chi connectivity index (χ0) is 12.3. The highest BCUT2D eigenvalue weighted by atomic mass is 79.9. The Balaban J connectivity index is 2.15. The van der Waals surface area contributed by atoms with Crippen LogP contribution in [0, 0.1) is 5.82 Å². The van der Waals surface area contributed by atoms with Crippen LogP contribution in [0.15, 0.2) is 22.7 Å². The van der Waals surface area contributed by atoms with E-state index >= 15 is 0 Å². The highest BCUT2D eigenvalue weighted by Crippen LogP contribution is 2.25. The Morgan fingerprint density at radius 1 is 1.35 bits per heavy atom. The first-order valence-corrected chi connectivity index (χ1v) is 7.07. The molecule has 0 amide bonds. The van der Waals surface area contributed by atoms with E-state index in [0.717, 1.165) is 29.4 Å². The van der Waals surface area contributed by atoms with Gasteiger partial charge in [-0.05, 0) is 56.5 Å². The van der Waals surface area contributed by atoms with Crippen LogP contribution < -0.4 is 5.32 Å². The van der Waals surface area contributed by atoms with Gasteiger partial charge in [-0.3, -0.25) is 0 Å². The third kappa shape index (κ3) is 3.52. The standard InChI is InChI=1S/C14H19BrFN/c1-14(7-3-2-4-8-17-14)10-11-9-12(15)5-6-13(11)16/h5-6,9,17H,2-4,7-8,10H2,1H3. The molecule has 1 nitrogen and oxygen atoms in total. The molecule has 1 aromatic carbocycles. The molecule has 1 atom stereocenters. The van der Waals surface area contributed by atoms with Gasteiger partial charge in [0.25, 0.3) is 0 Å². The van der Waals surface area contributed by atoms with Crippen LogP contribution in [0.5, 0.6) is 0 Å². The Morgan fingerprint density at radius 3 is 3.00 bits per heavy atom. The van der Waals surface area contributed by atoms with Crippen LogP contribution >= 0.6 is 15.9 Å². The fourth-order valence-electron chi connectivity index (χ4n) is 2.55. The monoisotopic (exact) mass is 299 g/mol. The van der Waals surface area contributed by atoms with Gasteiger partial charge in [-0.25, -0.2) is 4.39 Å². The summed E-state index contributed by atoms with van der Waals surface area (Å²) in [5.74, 6) is -0.0968. The fourth-order valence-corrected chi connectivity index (χ4v) is 2.95. The molecule has 1 N–H and O–H groups in total. The molecular formula is C14H19BrFN. The molecule has 1 fully saturated rings. The SMILES string of the molecule is CC1(Cc2cc(Br)ccc2F)CCCCCN1. The van der Waals surface area contributed by atoms with Gasteiger partial charge in [-0.15, -0.1) is 0 Å². The largest absolute Gasteiger partial charge is 0.311 e. The van der Waals surface area contributed by atoms with Gasteiger partial charge >= 0.3 is 0 Å². The Hall–Kier alpha value is -0.410. The Kier molecular flexibility index (Phi) is 4.21. The third-order valence-electron chi connectivity index (χ3n) is 3.55. The van der Waals surface area contributed by atoms with Crippen molar-refractivity contribution in [2.24, 2.45) is 0 Å². The molecule has 2 rings (SSSR count). The Bertz CT molecular complexity index is 384. The van der Waals surface area contributed by atoms with E-state index in [1.165, 1.54) is 19.3 Å². The Morgan fingerprint density at radius 2 is 2.18 bits per heavy atom. The smallest absolute Gasteiger partial charge is 0.126 e. The van der Waals surface area contributed by atoms with E-state index in [1.54, 1.807) is 12.1 Å². The van der Waals surface area contributed by atoms with Crippen molar-refractivity contribution in [2.45, 2.75) is 44.6 Å². The first kappa shape index (κ1) is 13.0. The summed E-state index contributed by atoms with van der Waals surface area (Å²) in [6.45, 7) is 3.25. The van der Waals surface area contributed by atoms with Crippen LogP contribution in [0.25, 0.3) is 0 Å². The van der Waals surface area contributed by atoms with Gasteiger partial charge in [-0.1, -0.05) is 28.8 Å². The van der Waals surface area contributed by atoms with Crippen LogP contribution in [-0.4, -0.2) is 12.1 Å². The van der Waals surface area contributed by atoms with Crippen LogP contribution in [0.3, 0.4) is 0 Å². The van der Waals surface area contributed by atoms with E-state index < -0.39 is 0 Å². The molecule has 0 spiro atoms. The number of hydrogen-bond donors (Lipinski definition) is 1. The van der Waals surface area contributed by atoms with E-state index in [4.69, 9.17) is 0 Å². The molecule has 1 saturated heterocycles. The summed E-state index contributed by atoms with van der Waals surface area (Å²) in [7, 11) is 0. The topological polar surface area (TPSA) is 12.0 Å². The van der Waals surface area contributed by atoms with Gasteiger partial charge in [0, 0.05) is 10.0 Å². The second-order valence-corrected chi connectivity index (χ2v) is 6.13. The minimum atomic E-state index is -0.0968. The average Bonchev–Trinajstić information content (AvgIpc) is 2.49. The average molecular weight is 300 g/mol. The summed E-state index contributed by atoms with van der Waals surface area (Å²) in [5.41, 5.74) is 0.842. The van der Waals surface area contributed by atoms with Crippen LogP contribution in [-0.2, 0) is 6.42 Å². The number of hydrogen-bond acceptors (Lipinski definition) is 1. The van der Waals surface area contributed by atoms with Crippen LogP contribution in [0.2, 0.25) is 0 Å². The quantitative estimate of drug-likeness (QED) is 0.868. The minimum absolute atomic E-state index is 0.0398. The molecule has 1 unspecified atom stereocenters. The van der Waals surface area contributed by atoms with E-state index in [-0.39, 0.29) is 11.4 Å². The van der Waals surface area contributed by atoms with Gasteiger partial charge in [0.05, 0.1) is 0 Å². The van der Waals surface area contributed by atoms with Crippen molar-refractivity contribution >= 4 is 15.9 Å². The zero-order valence-corrected chi connectivity index (χ0v) is 11.8. The first-order valence-electron chi connectivity index (χ1n) is 6.28. The second-order valence-electron chi connectivity index (χ2n) is 5.21. The lowest BCUT2D eigenvalue weighted by molar-refractivity contribution is 0.341. The predicted molar refractivity (Wildman–Crippen MR) is 72.7 cm³/mol. The van der Waals surface area contributed by atoms with Crippen molar-refractivity contribution in [3.05, 3.63) is 34.1 Å². The van der Waals surface area contributed by atoms with Crippen molar-refractivity contribution in [1.82, 2.24) is 5.32 Å². The number of benzene rings is 1. The minimum Gasteiger partial charge on any atom is -0.311 e. The van der Waals surface area contributed by atoms with Crippen molar-refractivity contribution in [3.8, 4) is 0 Å². The van der Waals surface area contributed by atoms with Crippen molar-refractivity contribution in [3.63, 3.8) is 0 Å². The predicted octanol–water partition coefficient (Wildman–Crippen LogP) is 4.05. The highest BCUT2D eigenvalue weighted by Gasteiger charge is 2.26. The summed E-state index contributed by atoms with van der Waals surface area (Å²) >= 11 is 3.41. The molecule has 17 heavy (non-hydrogen) atoms. The molecule has 0 saturated carbocycles. The third-order valence-corrected chi connectivity index (χ3v) is 4.04. The molecule has 0 bridgehead atoms. The lowest BCUT2D eigenvalue weighted by Crippen LogP contribution is -2.43. The molecule has 1 aliphatic heterocycles. The second kappa shape index (κ2) is 5.49. The summed E-state index contributed by atoms with van der Waals surface area (Å²) < 4.78 is 14.7. The summed E-state index contributed by atoms with van der Waals surface area (Å²) in [4.78, 5) is 0. The van der Waals surface area contributed by atoms with E-state index in [2.05, 4.69) is 28.2 Å². The molecule has 1 aliphatic rings. The first-order chi connectivity index (χ1) is 8.09. The maximum atomic E-state index is 13.7. The van der Waals surface area contributed by atoms with Gasteiger partial charge < -0.3 is 5.32 Å². The van der Waals surface area contributed by atoms with Gasteiger partial charge in [0.15, 0.2) is 0 Å². The number of nitrogens with one attached hydrogen (secondary N) is 1. The molecule has 94 valence electrons. The van der Waals surface area contributed by atoms with Crippen LogP contribution in [0.1, 0.15) is 38.2 Å². The van der Waals surface area contributed by atoms with E-state index in [0.29, 0.717) is 0 Å². The normalized spacial score (nSPS) is 25.6. The highest BCUT2D eigenvalue weighted by molar-refractivity contribution is 9.10. The molecule has 1 aromatic rings. The summed E-state index contributed by atoms with van der Waals surface area (Å²) in [5, 5.41) is 3.57. The van der Waals surface area contributed by atoms with Crippen molar-refractivity contribution in [1.29, 1.82) is 0 Å². The number of halogens is 2. The van der Waals surface area contributed by atoms with Crippen molar-refractivity contribution < 1.29 is 4.39 Å². The maximum Gasteiger partial charge on any atom is 0.126 e. The fraction of sp³-hybridized carbons (Fsp3) is 0.571. The summed E-state index contributed by atoms with van der Waals surface area (Å²) in [6, 6.07) is 5.19. The van der Waals surface area contributed by atoms with Crippen LogP contribution in [0.4, 0.5) is 4.39 Å². The molecule has 0 radical (unpaired) electrons. The van der Waals surface area contributed by atoms with E-state index in [1.807, 2.05) is 6.07 Å². The number of rotatable bonds is 2. The maximum absolute atomic E-state index is 13.7. The van der Waals surface area contributed by atoms with E-state index in [9.17, 15) is 4.39 Å². The zero-order valence-electron chi connectivity index (χ0n) is 10.2. The molecule has 1 heterocycles.